The van der Waals surface area contributed by atoms with Gasteiger partial charge >= 0.3 is 5.97 Å². The Morgan fingerprint density at radius 1 is 0.931 bits per heavy atom. The predicted molar refractivity (Wildman–Crippen MR) is 206 cm³/mol. The average molecular weight is 807 g/mol. The van der Waals surface area contributed by atoms with E-state index in [0.29, 0.717) is 18.4 Å². The number of unbranched alkanes of at least 4 members (excludes halogenated alkanes) is 1. The van der Waals surface area contributed by atoms with E-state index >= 15 is 0 Å². The molecule has 4 atom stereocenters. The maximum atomic E-state index is 14.0. The number of hydrogen-bond donors (Lipinski definition) is 8. The second kappa shape index (κ2) is 22.6. The van der Waals surface area contributed by atoms with Gasteiger partial charge in [-0.3, -0.25) is 33.8 Å². The van der Waals surface area contributed by atoms with Gasteiger partial charge in [-0.15, -0.1) is 5.10 Å². The molecule has 1 aliphatic rings. The molecule has 1 aromatic heterocycles. The predicted octanol–water partition coefficient (Wildman–Crippen LogP) is -0.677. The maximum Gasteiger partial charge on any atom is 0.305 e. The SMILES string of the molecule is NC(N)=NCCC[C@@H]1NC(=O)[C@H](CCCCNC(=O)CON=Cc2ccc(F)cc2)n2cc(nn2)[C@H](Cc2ccccc2)NC(=O)[C@H](CC(=O)O)NC(=O)CNC1=O. The molecule has 3 aromatic rings. The van der Waals surface area contributed by atoms with E-state index in [-0.39, 0.29) is 57.0 Å². The van der Waals surface area contributed by atoms with Gasteiger partial charge in [0.25, 0.3) is 5.91 Å². The third kappa shape index (κ3) is 15.0. The van der Waals surface area contributed by atoms with Crippen molar-refractivity contribution in [3.05, 3.63) is 83.4 Å². The van der Waals surface area contributed by atoms with Crippen molar-refractivity contribution in [2.45, 2.75) is 69.1 Å². The van der Waals surface area contributed by atoms with Crippen LogP contribution < -0.4 is 38.1 Å². The number of halogens is 1. The van der Waals surface area contributed by atoms with E-state index in [2.05, 4.69) is 47.0 Å². The number of carbonyl (C=O) groups excluding carboxylic acids is 5. The maximum absolute atomic E-state index is 14.0. The van der Waals surface area contributed by atoms with Crippen LogP contribution in [0.15, 0.2) is 70.9 Å². The molecule has 0 radical (unpaired) electrons. The van der Waals surface area contributed by atoms with Crippen molar-refractivity contribution in [2.24, 2.45) is 21.6 Å². The Hall–Kier alpha value is -6.93. The highest BCUT2D eigenvalue weighted by Crippen LogP contribution is 2.21. The van der Waals surface area contributed by atoms with E-state index in [1.807, 2.05) is 18.2 Å². The van der Waals surface area contributed by atoms with Gasteiger partial charge in [0.2, 0.25) is 23.6 Å². The van der Waals surface area contributed by atoms with Crippen molar-refractivity contribution in [3.63, 3.8) is 0 Å². The first-order valence-corrected chi connectivity index (χ1v) is 18.5. The molecule has 0 fully saturated rings. The molecule has 1 aliphatic heterocycles. The Kier molecular flexibility index (Phi) is 17.0. The number of hydrogen-bond acceptors (Lipinski definition) is 11. The van der Waals surface area contributed by atoms with Crippen LogP contribution in [0.2, 0.25) is 0 Å². The molecule has 0 saturated heterocycles. The summed E-state index contributed by atoms with van der Waals surface area (Å²) in [6.45, 7) is -0.624. The molecule has 4 rings (SSSR count). The smallest absolute Gasteiger partial charge is 0.305 e. The van der Waals surface area contributed by atoms with Crippen molar-refractivity contribution >= 4 is 47.7 Å². The number of guanidine groups is 1. The van der Waals surface area contributed by atoms with E-state index in [9.17, 15) is 38.3 Å². The molecule has 310 valence electrons. The van der Waals surface area contributed by atoms with Gasteiger partial charge in [-0.2, -0.15) is 0 Å². The van der Waals surface area contributed by atoms with E-state index < -0.39 is 78.5 Å². The average Bonchev–Trinajstić information content (AvgIpc) is 3.68. The third-order valence-corrected chi connectivity index (χ3v) is 8.71. The van der Waals surface area contributed by atoms with Crippen LogP contribution in [0.3, 0.4) is 0 Å². The summed E-state index contributed by atoms with van der Waals surface area (Å²) < 4.78 is 14.4. The number of carbonyl (C=O) groups is 6. The van der Waals surface area contributed by atoms with Crippen molar-refractivity contribution in [1.82, 2.24) is 41.6 Å². The molecule has 5 amide bonds. The topological polar surface area (TPSA) is 299 Å². The fraction of sp³-hybridized carbons (Fsp3) is 0.405. The summed E-state index contributed by atoms with van der Waals surface area (Å²) in [5.74, 6) is -5.33. The Morgan fingerprint density at radius 3 is 2.40 bits per heavy atom. The number of aliphatic imine (C=N–C) groups is 1. The van der Waals surface area contributed by atoms with Crippen LogP contribution in [-0.4, -0.2) is 106 Å². The van der Waals surface area contributed by atoms with Gasteiger partial charge in [0.15, 0.2) is 12.6 Å². The molecule has 10 N–H and O–H groups in total. The minimum absolute atomic E-state index is 0.0660. The molecule has 0 aliphatic carbocycles. The number of carboxylic acid groups (broad SMARTS) is 1. The molecule has 0 unspecified atom stereocenters. The molecule has 0 saturated carbocycles. The monoisotopic (exact) mass is 806 g/mol. The Labute approximate surface area is 332 Å². The Balaban J connectivity index is 1.53. The largest absolute Gasteiger partial charge is 0.481 e. The normalized spacial score (nSPS) is 19.0. The summed E-state index contributed by atoms with van der Waals surface area (Å²) >= 11 is 0. The number of oxime groups is 1. The van der Waals surface area contributed by atoms with Crippen LogP contribution in [-0.2, 0) is 40.0 Å². The number of amides is 5. The number of aromatic nitrogens is 3. The second-order valence-electron chi connectivity index (χ2n) is 13.2. The minimum atomic E-state index is -1.51. The van der Waals surface area contributed by atoms with Crippen LogP contribution in [0.4, 0.5) is 4.39 Å². The number of carboxylic acids is 1. The van der Waals surface area contributed by atoms with Gasteiger partial charge in [-0.05, 0) is 61.8 Å². The molecule has 2 bridgehead atoms. The number of fused-ring (bicyclic) bond motifs is 2. The number of rotatable bonds is 17. The zero-order chi connectivity index (χ0) is 41.9. The van der Waals surface area contributed by atoms with Gasteiger partial charge in [-0.25, -0.2) is 9.07 Å². The van der Waals surface area contributed by atoms with Crippen molar-refractivity contribution < 1.29 is 43.1 Å². The summed E-state index contributed by atoms with van der Waals surface area (Å²) in [5, 5.41) is 34.8. The van der Waals surface area contributed by atoms with E-state index in [4.69, 9.17) is 16.3 Å². The summed E-state index contributed by atoms with van der Waals surface area (Å²) in [6, 6.07) is 10.0. The van der Waals surface area contributed by atoms with Crippen LogP contribution in [0.1, 0.15) is 67.4 Å². The van der Waals surface area contributed by atoms with Crippen LogP contribution in [0, 0.1) is 5.82 Å². The fourth-order valence-corrected chi connectivity index (χ4v) is 5.78. The highest BCUT2D eigenvalue weighted by molar-refractivity contribution is 5.94. The standard InChI is InChI=1S/C37H47FN12O8/c38-25-13-11-24(12-14-25)19-44-58-22-32(52)41-15-5-4-10-30-36(57)46-26(9-6-16-42-37(39)40)34(55)43-20-31(51)45-28(18-33(53)54)35(56)47-27(29-21-50(30)49-48-29)17-23-7-2-1-3-8-23/h1-3,7-8,11-14,19,21,26-28,30H,4-6,9-10,15-18,20,22H2,(H,41,52)(H,43,55)(H,45,51)(H,46,57)(H,47,56)(H,53,54)(H4,39,40,42)/t26-,27-,28-,30-/m0/s1. The zero-order valence-electron chi connectivity index (χ0n) is 31.5. The number of nitrogens with one attached hydrogen (secondary N) is 5. The van der Waals surface area contributed by atoms with Crippen LogP contribution in [0.25, 0.3) is 0 Å². The summed E-state index contributed by atoms with van der Waals surface area (Å²) in [7, 11) is 0. The quantitative estimate of drug-likeness (QED) is 0.0365. The second-order valence-corrected chi connectivity index (χ2v) is 13.2. The summed E-state index contributed by atoms with van der Waals surface area (Å²) in [6.07, 6.45) is 3.58. The van der Waals surface area contributed by atoms with Gasteiger partial charge in [0, 0.05) is 13.1 Å². The minimum Gasteiger partial charge on any atom is -0.481 e. The summed E-state index contributed by atoms with van der Waals surface area (Å²) in [4.78, 5) is 86.8. The molecule has 20 nitrogen and oxygen atoms in total. The first kappa shape index (κ1) is 43.8. The van der Waals surface area contributed by atoms with Gasteiger partial charge in [0.05, 0.1) is 31.4 Å². The zero-order valence-corrected chi connectivity index (χ0v) is 31.5. The van der Waals surface area contributed by atoms with E-state index in [1.54, 1.807) is 12.1 Å². The first-order valence-electron chi connectivity index (χ1n) is 18.5. The lowest BCUT2D eigenvalue weighted by atomic mass is 10.0. The first-order chi connectivity index (χ1) is 27.9. The number of nitrogens with two attached hydrogens (primary N) is 2. The number of nitrogens with zero attached hydrogens (tertiary/aromatic N) is 5. The molecule has 2 heterocycles. The van der Waals surface area contributed by atoms with Gasteiger partial charge in [-0.1, -0.05) is 52.8 Å². The lowest BCUT2D eigenvalue weighted by Gasteiger charge is -2.24. The van der Waals surface area contributed by atoms with Crippen LogP contribution >= 0.6 is 0 Å². The van der Waals surface area contributed by atoms with Crippen LogP contribution in [0.5, 0.6) is 0 Å². The fourth-order valence-electron chi connectivity index (χ4n) is 5.78. The molecule has 0 spiro atoms. The lowest BCUT2D eigenvalue weighted by Crippen LogP contribution is -2.53. The Bertz CT molecular complexity index is 1920. The summed E-state index contributed by atoms with van der Waals surface area (Å²) in [5.41, 5.74) is 12.5. The van der Waals surface area contributed by atoms with E-state index in [0.717, 1.165) is 5.56 Å². The molecule has 2 aromatic carbocycles. The van der Waals surface area contributed by atoms with E-state index in [1.165, 1.54) is 41.4 Å². The lowest BCUT2D eigenvalue weighted by molar-refractivity contribution is -0.141. The third-order valence-electron chi connectivity index (χ3n) is 8.71. The number of aliphatic carboxylic acids is 1. The van der Waals surface area contributed by atoms with Gasteiger partial charge in [0.1, 0.15) is 29.6 Å². The van der Waals surface area contributed by atoms with Crippen molar-refractivity contribution in [1.29, 1.82) is 0 Å². The number of benzene rings is 2. The highest BCUT2D eigenvalue weighted by Gasteiger charge is 2.31. The highest BCUT2D eigenvalue weighted by atomic mass is 19.1. The molecule has 21 heteroatoms. The van der Waals surface area contributed by atoms with Crippen molar-refractivity contribution in [2.75, 3.05) is 26.2 Å². The molecular weight excluding hydrogens is 759 g/mol. The molecular formula is C37H47FN12O8. The van der Waals surface area contributed by atoms with Gasteiger partial charge < -0.3 is 48.0 Å². The Morgan fingerprint density at radius 2 is 1.67 bits per heavy atom. The molecule has 58 heavy (non-hydrogen) atoms. The van der Waals surface area contributed by atoms with Crippen molar-refractivity contribution in [3.8, 4) is 0 Å².